The molecule has 1 aliphatic rings. The van der Waals surface area contributed by atoms with Crippen LogP contribution >= 0.6 is 11.3 Å². The lowest BCUT2D eigenvalue weighted by atomic mass is 10.1. The molecule has 0 atom stereocenters. The summed E-state index contributed by atoms with van der Waals surface area (Å²) in [7, 11) is 0. The zero-order valence-electron chi connectivity index (χ0n) is 20.7. The van der Waals surface area contributed by atoms with Crippen LogP contribution in [0.4, 0.5) is 28.8 Å². The first-order valence-corrected chi connectivity index (χ1v) is 12.9. The van der Waals surface area contributed by atoms with Gasteiger partial charge in [0, 0.05) is 38.1 Å². The summed E-state index contributed by atoms with van der Waals surface area (Å²) in [6.07, 6.45) is -1.76. The highest BCUT2D eigenvalue weighted by molar-refractivity contribution is 7.19. The Labute approximate surface area is 228 Å². The minimum absolute atomic E-state index is 0.243. The molecule has 0 spiro atoms. The van der Waals surface area contributed by atoms with Crippen LogP contribution in [0.1, 0.15) is 10.4 Å². The third kappa shape index (κ3) is 7.02. The van der Waals surface area contributed by atoms with E-state index in [1.54, 1.807) is 6.07 Å². The molecule has 3 aromatic heterocycles. The molecule has 0 radical (unpaired) electrons. The quantitative estimate of drug-likeness (QED) is 0.249. The van der Waals surface area contributed by atoms with Gasteiger partial charge in [0.2, 0.25) is 0 Å². The highest BCUT2D eigenvalue weighted by Crippen LogP contribution is 2.30. The molecule has 40 heavy (non-hydrogen) atoms. The third-order valence-corrected chi connectivity index (χ3v) is 6.74. The maximum atomic E-state index is 13.0. The van der Waals surface area contributed by atoms with E-state index < -0.39 is 18.1 Å². The molecule has 3 amide bonds. The first-order valence-electron chi connectivity index (χ1n) is 12.1. The van der Waals surface area contributed by atoms with Crippen LogP contribution in [0.5, 0.6) is 5.75 Å². The number of benzene rings is 1. The number of ether oxygens (including phenoxy) is 2. The van der Waals surface area contributed by atoms with Crippen LogP contribution in [-0.4, -0.2) is 82.8 Å². The van der Waals surface area contributed by atoms with Crippen LogP contribution in [0.15, 0.2) is 42.7 Å². The van der Waals surface area contributed by atoms with Crippen LogP contribution in [0, 0.1) is 0 Å². The molecule has 0 saturated carbocycles. The van der Waals surface area contributed by atoms with Crippen molar-refractivity contribution in [2.75, 3.05) is 50.0 Å². The second-order valence-corrected chi connectivity index (χ2v) is 9.61. The van der Waals surface area contributed by atoms with Crippen LogP contribution in [0.25, 0.3) is 21.6 Å². The molecular formula is C24H23F3N8O4S. The van der Waals surface area contributed by atoms with Gasteiger partial charge >= 0.3 is 12.4 Å². The van der Waals surface area contributed by atoms with E-state index in [9.17, 15) is 22.8 Å². The van der Waals surface area contributed by atoms with Crippen molar-refractivity contribution in [3.05, 3.63) is 48.3 Å². The zero-order chi connectivity index (χ0) is 28.1. The van der Waals surface area contributed by atoms with Crippen LogP contribution in [-0.2, 0) is 4.74 Å². The normalized spacial score (nSPS) is 14.2. The van der Waals surface area contributed by atoms with Crippen molar-refractivity contribution in [3.8, 4) is 16.3 Å². The maximum absolute atomic E-state index is 13.0. The monoisotopic (exact) mass is 576 g/mol. The molecule has 1 aromatic carbocycles. The maximum Gasteiger partial charge on any atom is 0.573 e. The number of amides is 3. The number of urea groups is 1. The Balaban J connectivity index is 1.22. The molecular weight excluding hydrogens is 553 g/mol. The van der Waals surface area contributed by atoms with Crippen molar-refractivity contribution in [2.45, 2.75) is 6.36 Å². The number of nitrogens with one attached hydrogen (secondary N) is 4. The van der Waals surface area contributed by atoms with Gasteiger partial charge in [-0.1, -0.05) is 11.3 Å². The molecule has 0 bridgehead atoms. The highest BCUT2D eigenvalue weighted by atomic mass is 32.1. The number of carbonyl (C=O) groups excluding carboxylic acids is 2. The topological polar surface area (TPSA) is 146 Å². The predicted molar refractivity (Wildman–Crippen MR) is 140 cm³/mol. The van der Waals surface area contributed by atoms with E-state index in [0.717, 1.165) is 36.6 Å². The summed E-state index contributed by atoms with van der Waals surface area (Å²) in [4.78, 5) is 36.9. The van der Waals surface area contributed by atoms with Gasteiger partial charge in [-0.2, -0.15) is 5.10 Å². The molecule has 1 fully saturated rings. The van der Waals surface area contributed by atoms with Crippen LogP contribution in [0.3, 0.4) is 0 Å². The summed E-state index contributed by atoms with van der Waals surface area (Å²) >= 11 is 1.13. The van der Waals surface area contributed by atoms with E-state index >= 15 is 0 Å². The molecule has 16 heteroatoms. The average Bonchev–Trinajstić information content (AvgIpc) is 3.58. The van der Waals surface area contributed by atoms with E-state index in [1.165, 1.54) is 24.5 Å². The van der Waals surface area contributed by atoms with Gasteiger partial charge in [0.25, 0.3) is 5.91 Å². The standard InChI is InChI=1S/C24H23F3N8O4S/c25-24(26,27)39-15-3-1-14(2-4-15)31-22(37)33-23-29-13-19(40-23)18-11-16(17-12-30-34-20(17)32-18)21(36)28-5-6-35-7-9-38-10-8-35/h1-4,11-13H,5-10H2,(H,28,36)(H,30,32,34)(H2,29,31,33,37). The second kappa shape index (κ2) is 11.8. The van der Waals surface area contributed by atoms with Gasteiger partial charge in [0.15, 0.2) is 10.8 Å². The lowest BCUT2D eigenvalue weighted by Crippen LogP contribution is -2.41. The number of fused-ring (bicyclic) bond motifs is 1. The molecule has 1 aliphatic heterocycles. The Bertz CT molecular complexity index is 1490. The minimum Gasteiger partial charge on any atom is -0.406 e. The molecule has 12 nitrogen and oxygen atoms in total. The highest BCUT2D eigenvalue weighted by Gasteiger charge is 2.31. The molecule has 0 unspecified atom stereocenters. The van der Waals surface area contributed by atoms with E-state index in [-0.39, 0.29) is 16.7 Å². The lowest BCUT2D eigenvalue weighted by Gasteiger charge is -2.26. The Kier molecular flexibility index (Phi) is 8.09. The van der Waals surface area contributed by atoms with Crippen molar-refractivity contribution in [2.24, 2.45) is 0 Å². The molecule has 0 aliphatic carbocycles. The molecule has 4 aromatic rings. The Morgan fingerprint density at radius 3 is 2.65 bits per heavy atom. The number of hydrogen-bond acceptors (Lipinski definition) is 9. The number of carbonyl (C=O) groups is 2. The summed E-state index contributed by atoms with van der Waals surface area (Å²) in [6.45, 7) is 4.18. The Hall–Kier alpha value is -4.28. The summed E-state index contributed by atoms with van der Waals surface area (Å²) in [6, 6.07) is 5.69. The number of pyridine rings is 1. The van der Waals surface area contributed by atoms with Crippen LogP contribution < -0.4 is 20.7 Å². The zero-order valence-corrected chi connectivity index (χ0v) is 21.6. The van der Waals surface area contributed by atoms with Gasteiger partial charge in [-0.25, -0.2) is 14.8 Å². The summed E-state index contributed by atoms with van der Waals surface area (Å²) in [5.74, 6) is -0.674. The van der Waals surface area contributed by atoms with E-state index in [0.29, 0.717) is 53.5 Å². The number of aromatic nitrogens is 4. The molecule has 210 valence electrons. The minimum atomic E-state index is -4.81. The number of aromatic amines is 1. The molecule has 1 saturated heterocycles. The second-order valence-electron chi connectivity index (χ2n) is 8.58. The van der Waals surface area contributed by atoms with Gasteiger partial charge in [0.05, 0.1) is 40.9 Å². The SMILES string of the molecule is O=C(Nc1ccc(OC(F)(F)F)cc1)Nc1ncc(-c2cc(C(=O)NCCN3CCOCC3)c3cn[nH]c3n2)s1. The number of anilines is 2. The van der Waals surface area contributed by atoms with E-state index in [2.05, 4.69) is 45.8 Å². The first-order chi connectivity index (χ1) is 19.2. The predicted octanol–water partition coefficient (Wildman–Crippen LogP) is 3.69. The summed E-state index contributed by atoms with van der Waals surface area (Å²) in [5.41, 5.74) is 1.53. The smallest absolute Gasteiger partial charge is 0.406 e. The lowest BCUT2D eigenvalue weighted by molar-refractivity contribution is -0.274. The van der Waals surface area contributed by atoms with E-state index in [4.69, 9.17) is 4.74 Å². The Morgan fingerprint density at radius 2 is 1.90 bits per heavy atom. The number of H-pyrrole nitrogens is 1. The first kappa shape index (κ1) is 27.3. The van der Waals surface area contributed by atoms with E-state index in [1.807, 2.05) is 0 Å². The van der Waals surface area contributed by atoms with Crippen molar-refractivity contribution in [1.29, 1.82) is 0 Å². The Morgan fingerprint density at radius 1 is 1.12 bits per heavy atom. The number of morpholine rings is 1. The fraction of sp³-hybridized carbons (Fsp3) is 0.292. The van der Waals surface area contributed by atoms with Gasteiger partial charge in [-0.3, -0.25) is 20.1 Å². The number of thiazole rings is 1. The summed E-state index contributed by atoms with van der Waals surface area (Å²) in [5, 5.41) is 15.6. The van der Waals surface area contributed by atoms with Crippen molar-refractivity contribution in [3.63, 3.8) is 0 Å². The van der Waals surface area contributed by atoms with Gasteiger partial charge in [-0.05, 0) is 30.3 Å². The molecule has 4 heterocycles. The number of halogens is 3. The van der Waals surface area contributed by atoms with Crippen molar-refractivity contribution < 1.29 is 32.2 Å². The largest absolute Gasteiger partial charge is 0.573 e. The number of nitrogens with zero attached hydrogens (tertiary/aromatic N) is 4. The van der Waals surface area contributed by atoms with Crippen molar-refractivity contribution in [1.82, 2.24) is 30.4 Å². The third-order valence-electron chi connectivity index (χ3n) is 5.81. The number of hydrogen-bond donors (Lipinski definition) is 4. The summed E-state index contributed by atoms with van der Waals surface area (Å²) < 4.78 is 46.1. The van der Waals surface area contributed by atoms with Gasteiger partial charge in [-0.15, -0.1) is 13.2 Å². The average molecular weight is 577 g/mol. The molecule has 4 N–H and O–H groups in total. The van der Waals surface area contributed by atoms with Gasteiger partial charge in [0.1, 0.15) is 5.75 Å². The fourth-order valence-corrected chi connectivity index (χ4v) is 4.71. The van der Waals surface area contributed by atoms with Crippen molar-refractivity contribution >= 4 is 45.1 Å². The fourth-order valence-electron chi connectivity index (χ4n) is 3.94. The van der Waals surface area contributed by atoms with Gasteiger partial charge < -0.3 is 20.1 Å². The van der Waals surface area contributed by atoms with Crippen LogP contribution in [0.2, 0.25) is 0 Å². The number of rotatable bonds is 8. The number of alkyl halides is 3. The molecule has 5 rings (SSSR count).